The molecule has 0 aliphatic heterocycles. The summed E-state index contributed by atoms with van der Waals surface area (Å²) < 4.78 is 30.3. The zero-order valence-corrected chi connectivity index (χ0v) is 24.1. The summed E-state index contributed by atoms with van der Waals surface area (Å²) >= 11 is 6.03. The third-order valence-electron chi connectivity index (χ3n) is 5.87. The monoisotopic (exact) mass is 571 g/mol. The molecule has 3 aromatic rings. The number of hydrogen-bond donors (Lipinski definition) is 1. The first-order valence-corrected chi connectivity index (χ1v) is 13.1. The molecule has 0 heterocycles. The molecule has 40 heavy (non-hydrogen) atoms. The third-order valence-corrected chi connectivity index (χ3v) is 6.11. The van der Waals surface area contributed by atoms with Crippen LogP contribution >= 0.6 is 11.6 Å². The van der Waals surface area contributed by atoms with Crippen molar-refractivity contribution in [3.63, 3.8) is 0 Å². The van der Waals surface area contributed by atoms with Crippen LogP contribution in [0.4, 0.5) is 4.39 Å². The van der Waals surface area contributed by atoms with Crippen molar-refractivity contribution in [2.75, 3.05) is 20.2 Å². The van der Waals surface area contributed by atoms with Crippen molar-refractivity contribution in [1.82, 2.24) is 4.90 Å². The highest BCUT2D eigenvalue weighted by Crippen LogP contribution is 2.27. The zero-order valence-electron chi connectivity index (χ0n) is 23.4. The van der Waals surface area contributed by atoms with Crippen LogP contribution in [0.15, 0.2) is 66.7 Å². The van der Waals surface area contributed by atoms with Gasteiger partial charge in [0.05, 0.1) is 13.7 Å². The van der Waals surface area contributed by atoms with Gasteiger partial charge in [0.15, 0.2) is 5.60 Å². The predicted molar refractivity (Wildman–Crippen MR) is 151 cm³/mol. The van der Waals surface area contributed by atoms with Crippen LogP contribution in [0.2, 0.25) is 5.02 Å². The SMILES string of the molecule is COc1ccc(COC(=O)[C@](C)(O)CN(CC(=O)OC(C)(C)C)Cc2ccc(-c3cc(Cl)ccc3F)cc2)cc1. The Balaban J connectivity index is 1.73. The predicted octanol–water partition coefficient (Wildman–Crippen LogP) is 5.79. The molecular weight excluding hydrogens is 537 g/mol. The summed E-state index contributed by atoms with van der Waals surface area (Å²) in [6, 6.07) is 18.4. The molecule has 0 bridgehead atoms. The highest BCUT2D eigenvalue weighted by molar-refractivity contribution is 6.30. The smallest absolute Gasteiger partial charge is 0.339 e. The fourth-order valence-corrected chi connectivity index (χ4v) is 4.19. The molecule has 9 heteroatoms. The van der Waals surface area contributed by atoms with Crippen LogP contribution < -0.4 is 4.74 Å². The number of hydrogen-bond acceptors (Lipinski definition) is 7. The number of benzene rings is 3. The van der Waals surface area contributed by atoms with Crippen molar-refractivity contribution in [2.45, 2.75) is 52.0 Å². The molecule has 214 valence electrons. The van der Waals surface area contributed by atoms with E-state index in [1.807, 2.05) is 0 Å². The van der Waals surface area contributed by atoms with Gasteiger partial charge in [-0.25, -0.2) is 9.18 Å². The van der Waals surface area contributed by atoms with Crippen LogP contribution in [-0.4, -0.2) is 53.3 Å². The molecule has 3 aromatic carbocycles. The largest absolute Gasteiger partial charge is 0.497 e. The highest BCUT2D eigenvalue weighted by Gasteiger charge is 2.35. The topological polar surface area (TPSA) is 85.3 Å². The van der Waals surface area contributed by atoms with Gasteiger partial charge in [0.1, 0.15) is 23.8 Å². The maximum atomic E-state index is 14.3. The Labute approximate surface area is 239 Å². The summed E-state index contributed by atoms with van der Waals surface area (Å²) in [5.41, 5.74) is -0.114. The van der Waals surface area contributed by atoms with Gasteiger partial charge in [-0.05, 0) is 74.7 Å². The van der Waals surface area contributed by atoms with Crippen molar-refractivity contribution in [3.8, 4) is 16.9 Å². The molecule has 3 rings (SSSR count). The highest BCUT2D eigenvalue weighted by atomic mass is 35.5. The third kappa shape index (κ3) is 9.33. The average Bonchev–Trinajstić information content (AvgIpc) is 2.88. The van der Waals surface area contributed by atoms with Crippen molar-refractivity contribution < 1.29 is 33.3 Å². The standard InChI is InChI=1S/C31H35ClFNO6/c1-30(2,3)40-28(35)18-34(17-21-6-10-23(11-7-21)26-16-24(32)12-15-27(26)33)20-31(4,37)29(36)39-19-22-8-13-25(38-5)14-9-22/h6-16,37H,17-20H2,1-5H3/t31-/m1/s1. The van der Waals surface area contributed by atoms with E-state index in [-0.39, 0.29) is 26.2 Å². The van der Waals surface area contributed by atoms with Gasteiger partial charge in [0.25, 0.3) is 0 Å². The number of carbonyl (C=O) groups excluding carboxylic acids is 2. The molecule has 7 nitrogen and oxygen atoms in total. The van der Waals surface area contributed by atoms with Gasteiger partial charge in [-0.2, -0.15) is 0 Å². The van der Waals surface area contributed by atoms with Crippen LogP contribution in [0, 0.1) is 5.82 Å². The molecule has 1 atom stereocenters. The van der Waals surface area contributed by atoms with Crippen molar-refractivity contribution >= 4 is 23.5 Å². The number of ether oxygens (including phenoxy) is 3. The van der Waals surface area contributed by atoms with E-state index < -0.39 is 29.0 Å². The fraction of sp³-hybridized carbons (Fsp3) is 0.355. The molecule has 0 amide bonds. The number of carbonyl (C=O) groups is 2. The molecule has 0 unspecified atom stereocenters. The van der Waals surface area contributed by atoms with Crippen molar-refractivity contribution in [1.29, 1.82) is 0 Å². The summed E-state index contributed by atoms with van der Waals surface area (Å²) in [5, 5.41) is 11.5. The number of halogens is 2. The second-order valence-electron chi connectivity index (χ2n) is 10.8. The molecule has 0 saturated carbocycles. The number of methoxy groups -OCH3 is 1. The van der Waals surface area contributed by atoms with Gasteiger partial charge in [-0.15, -0.1) is 0 Å². The lowest BCUT2D eigenvalue weighted by Gasteiger charge is -2.30. The Kier molecular flexibility index (Phi) is 10.3. The van der Waals surface area contributed by atoms with Crippen LogP contribution in [0.3, 0.4) is 0 Å². The first-order chi connectivity index (χ1) is 18.8. The lowest BCUT2D eigenvalue weighted by molar-refractivity contribution is -0.169. The summed E-state index contributed by atoms with van der Waals surface area (Å²) in [5.74, 6) is -1.06. The first kappa shape index (κ1) is 31.1. The molecular formula is C31H35ClFNO6. The van der Waals surface area contributed by atoms with E-state index in [1.54, 1.807) is 87.4 Å². The molecule has 0 aliphatic rings. The van der Waals surface area contributed by atoms with Crippen molar-refractivity contribution in [2.24, 2.45) is 0 Å². The summed E-state index contributed by atoms with van der Waals surface area (Å²) in [4.78, 5) is 27.1. The van der Waals surface area contributed by atoms with Gasteiger partial charge >= 0.3 is 11.9 Å². The first-order valence-electron chi connectivity index (χ1n) is 12.8. The Morgan fingerprint density at radius 3 is 2.17 bits per heavy atom. The van der Waals surface area contributed by atoms with E-state index >= 15 is 0 Å². The van der Waals surface area contributed by atoms with Crippen LogP contribution in [0.5, 0.6) is 5.75 Å². The lowest BCUT2D eigenvalue weighted by atomic mass is 10.0. The van der Waals surface area contributed by atoms with E-state index in [2.05, 4.69) is 0 Å². The Morgan fingerprint density at radius 2 is 1.57 bits per heavy atom. The molecule has 1 N–H and O–H groups in total. The van der Waals surface area contributed by atoms with E-state index in [9.17, 15) is 19.1 Å². The minimum atomic E-state index is -1.92. The lowest BCUT2D eigenvalue weighted by Crippen LogP contribution is -2.49. The van der Waals surface area contributed by atoms with E-state index in [1.165, 1.54) is 19.1 Å². The van der Waals surface area contributed by atoms with E-state index in [4.69, 9.17) is 25.8 Å². The Morgan fingerprint density at radius 1 is 0.950 bits per heavy atom. The summed E-state index contributed by atoms with van der Waals surface area (Å²) in [7, 11) is 1.56. The molecule has 0 aromatic heterocycles. The fourth-order valence-electron chi connectivity index (χ4n) is 4.02. The molecule has 0 radical (unpaired) electrons. The minimum absolute atomic E-state index is 0.0352. The normalized spacial score (nSPS) is 13.0. The zero-order chi connectivity index (χ0) is 29.5. The Bertz CT molecular complexity index is 1300. The number of esters is 2. The second kappa shape index (κ2) is 13.3. The van der Waals surface area contributed by atoms with Crippen LogP contribution in [-0.2, 0) is 32.2 Å². The van der Waals surface area contributed by atoms with Gasteiger partial charge in [0, 0.05) is 23.7 Å². The number of rotatable bonds is 11. The molecule has 0 aliphatic carbocycles. The van der Waals surface area contributed by atoms with Crippen LogP contribution in [0.25, 0.3) is 11.1 Å². The molecule has 0 fully saturated rings. The van der Waals surface area contributed by atoms with Gasteiger partial charge in [-0.3, -0.25) is 9.69 Å². The minimum Gasteiger partial charge on any atom is -0.497 e. The maximum absolute atomic E-state index is 14.3. The number of aliphatic hydroxyl groups is 1. The Hall–Kier alpha value is -3.46. The average molecular weight is 572 g/mol. The van der Waals surface area contributed by atoms with Crippen LogP contribution in [0.1, 0.15) is 38.8 Å². The molecule has 0 saturated heterocycles. The van der Waals surface area contributed by atoms with E-state index in [0.29, 0.717) is 21.9 Å². The maximum Gasteiger partial charge on any atom is 0.339 e. The van der Waals surface area contributed by atoms with E-state index in [0.717, 1.165) is 11.1 Å². The quantitative estimate of drug-likeness (QED) is 0.291. The van der Waals surface area contributed by atoms with Gasteiger partial charge < -0.3 is 19.3 Å². The second-order valence-corrected chi connectivity index (χ2v) is 11.2. The van der Waals surface area contributed by atoms with Crippen molar-refractivity contribution in [3.05, 3.63) is 88.7 Å². The summed E-state index contributed by atoms with van der Waals surface area (Å²) in [6.45, 7) is 6.42. The van der Waals surface area contributed by atoms with Gasteiger partial charge in [0.2, 0.25) is 0 Å². The number of nitrogens with zero attached hydrogens (tertiary/aromatic N) is 1. The summed E-state index contributed by atoms with van der Waals surface area (Å²) in [6.07, 6.45) is 0. The van der Waals surface area contributed by atoms with Gasteiger partial charge in [-0.1, -0.05) is 48.0 Å². The molecule has 0 spiro atoms.